The number of hydrogen-bond acceptors (Lipinski definition) is 4. The smallest absolute Gasteiger partial charge is 0.137 e. The van der Waals surface area contributed by atoms with Crippen molar-refractivity contribution in [1.82, 2.24) is 0 Å². The summed E-state index contributed by atoms with van der Waals surface area (Å²) >= 11 is 1.85. The topological polar surface area (TPSA) is 42.2 Å². The summed E-state index contributed by atoms with van der Waals surface area (Å²) in [5.41, 5.74) is 0.597. The number of para-hydroxylation sites is 1. The number of ether oxygens (including phenoxy) is 2. The first kappa shape index (κ1) is 13.9. The van der Waals surface area contributed by atoms with Gasteiger partial charge in [0.25, 0.3) is 0 Å². The molecule has 0 saturated carbocycles. The molecule has 0 aromatic heterocycles. The number of nitriles is 1. The lowest BCUT2D eigenvalue weighted by Crippen LogP contribution is -2.01. The molecule has 4 heteroatoms. The average molecular weight is 251 g/mol. The van der Waals surface area contributed by atoms with Gasteiger partial charge in [-0.2, -0.15) is 17.0 Å². The second-order valence-corrected chi connectivity index (χ2v) is 4.64. The van der Waals surface area contributed by atoms with Crippen molar-refractivity contribution in [3.8, 4) is 11.8 Å². The molecule has 17 heavy (non-hydrogen) atoms. The minimum absolute atomic E-state index is 0.597. The normalized spacial score (nSPS) is 9.88. The molecule has 0 aliphatic rings. The molecule has 0 amide bonds. The molecule has 1 aromatic rings. The predicted molar refractivity (Wildman–Crippen MR) is 70.5 cm³/mol. The third-order valence-electron chi connectivity index (χ3n) is 2.13. The second-order valence-electron chi connectivity index (χ2n) is 3.42. The Balaban J connectivity index is 2.16. The molecule has 0 atom stereocenters. The van der Waals surface area contributed by atoms with E-state index in [0.717, 1.165) is 24.5 Å². The van der Waals surface area contributed by atoms with Crippen molar-refractivity contribution in [2.75, 3.05) is 31.8 Å². The van der Waals surface area contributed by atoms with Gasteiger partial charge in [0.2, 0.25) is 0 Å². The number of benzene rings is 1. The summed E-state index contributed by atoms with van der Waals surface area (Å²) in [7, 11) is 1.71. The molecule has 0 radical (unpaired) electrons. The molecule has 0 aliphatic carbocycles. The van der Waals surface area contributed by atoms with Crippen molar-refractivity contribution in [1.29, 1.82) is 5.26 Å². The fourth-order valence-electron chi connectivity index (χ4n) is 1.27. The van der Waals surface area contributed by atoms with E-state index in [4.69, 9.17) is 14.7 Å². The van der Waals surface area contributed by atoms with Gasteiger partial charge < -0.3 is 9.47 Å². The summed E-state index contributed by atoms with van der Waals surface area (Å²) in [6.07, 6.45) is 0.980. The first-order valence-electron chi connectivity index (χ1n) is 5.57. The summed E-state index contributed by atoms with van der Waals surface area (Å²) < 4.78 is 10.5. The third kappa shape index (κ3) is 5.62. The lowest BCUT2D eigenvalue weighted by molar-refractivity contribution is 0.218. The van der Waals surface area contributed by atoms with Crippen LogP contribution in [0, 0.1) is 11.3 Å². The fourth-order valence-corrected chi connectivity index (χ4v) is 2.08. The lowest BCUT2D eigenvalue weighted by atomic mass is 10.2. The maximum absolute atomic E-state index is 8.87. The van der Waals surface area contributed by atoms with E-state index in [1.54, 1.807) is 13.2 Å². The van der Waals surface area contributed by atoms with E-state index in [9.17, 15) is 0 Å². The summed E-state index contributed by atoms with van der Waals surface area (Å²) in [5, 5.41) is 8.87. The fraction of sp³-hybridized carbons (Fsp3) is 0.462. The minimum Gasteiger partial charge on any atom is -0.492 e. The van der Waals surface area contributed by atoms with Gasteiger partial charge in [0.1, 0.15) is 11.8 Å². The standard InChI is InChI=1S/C13H17NO2S/c1-15-8-10-17-9-4-7-16-13-6-3-2-5-12(13)11-14/h2-3,5-6H,4,7-10H2,1H3. The van der Waals surface area contributed by atoms with E-state index in [1.165, 1.54) is 0 Å². The van der Waals surface area contributed by atoms with E-state index in [-0.39, 0.29) is 0 Å². The maximum atomic E-state index is 8.87. The Bertz CT molecular complexity index is 363. The Morgan fingerprint density at radius 1 is 1.24 bits per heavy atom. The summed E-state index contributed by atoms with van der Waals surface area (Å²) in [5.74, 6) is 2.75. The van der Waals surface area contributed by atoms with Crippen LogP contribution < -0.4 is 4.74 Å². The molecule has 0 heterocycles. The van der Waals surface area contributed by atoms with Gasteiger partial charge in [0.05, 0.1) is 18.8 Å². The Morgan fingerprint density at radius 3 is 2.82 bits per heavy atom. The highest BCUT2D eigenvalue weighted by molar-refractivity contribution is 7.99. The number of thioether (sulfide) groups is 1. The highest BCUT2D eigenvalue weighted by Gasteiger charge is 2.00. The van der Waals surface area contributed by atoms with E-state index in [0.29, 0.717) is 17.9 Å². The van der Waals surface area contributed by atoms with Crippen LogP contribution in [-0.4, -0.2) is 31.8 Å². The molecule has 0 N–H and O–H groups in total. The Kier molecular flexibility index (Phi) is 7.28. The van der Waals surface area contributed by atoms with Gasteiger partial charge in [0, 0.05) is 12.9 Å². The van der Waals surface area contributed by atoms with Gasteiger partial charge in [-0.1, -0.05) is 12.1 Å². The van der Waals surface area contributed by atoms with Gasteiger partial charge in [-0.15, -0.1) is 0 Å². The van der Waals surface area contributed by atoms with Crippen LogP contribution in [0.4, 0.5) is 0 Å². The first-order valence-corrected chi connectivity index (χ1v) is 6.72. The zero-order valence-electron chi connectivity index (χ0n) is 10.0. The zero-order chi connectivity index (χ0) is 12.3. The lowest BCUT2D eigenvalue weighted by Gasteiger charge is -2.07. The third-order valence-corrected chi connectivity index (χ3v) is 3.16. The van der Waals surface area contributed by atoms with Gasteiger partial charge >= 0.3 is 0 Å². The summed E-state index contributed by atoms with van der Waals surface area (Å²) in [6.45, 7) is 1.45. The average Bonchev–Trinajstić information content (AvgIpc) is 2.38. The van der Waals surface area contributed by atoms with E-state index < -0.39 is 0 Å². The molecule has 0 unspecified atom stereocenters. The number of rotatable bonds is 8. The SMILES string of the molecule is COCCSCCCOc1ccccc1C#N. The summed E-state index contributed by atoms with van der Waals surface area (Å²) in [4.78, 5) is 0. The van der Waals surface area contributed by atoms with Crippen molar-refractivity contribution in [3.63, 3.8) is 0 Å². The molecular weight excluding hydrogens is 234 g/mol. The van der Waals surface area contributed by atoms with Gasteiger partial charge in [-0.3, -0.25) is 0 Å². The second kappa shape index (κ2) is 8.91. The highest BCUT2D eigenvalue weighted by Crippen LogP contribution is 2.16. The van der Waals surface area contributed by atoms with E-state index >= 15 is 0 Å². The summed E-state index contributed by atoms with van der Waals surface area (Å²) in [6, 6.07) is 9.43. The molecule has 0 spiro atoms. The predicted octanol–water partition coefficient (Wildman–Crippen LogP) is 2.71. The Labute approximate surface area is 107 Å². The number of hydrogen-bond donors (Lipinski definition) is 0. The number of methoxy groups -OCH3 is 1. The van der Waals surface area contributed by atoms with Gasteiger partial charge in [-0.25, -0.2) is 0 Å². The van der Waals surface area contributed by atoms with Crippen LogP contribution in [0.25, 0.3) is 0 Å². The largest absolute Gasteiger partial charge is 0.492 e. The van der Waals surface area contributed by atoms with Crippen molar-refractivity contribution >= 4 is 11.8 Å². The minimum atomic E-state index is 0.597. The van der Waals surface area contributed by atoms with Crippen LogP contribution in [0.5, 0.6) is 5.75 Å². The highest BCUT2D eigenvalue weighted by atomic mass is 32.2. The first-order chi connectivity index (χ1) is 8.38. The molecule has 0 saturated heterocycles. The molecule has 0 bridgehead atoms. The molecule has 0 aliphatic heterocycles. The van der Waals surface area contributed by atoms with E-state index in [1.807, 2.05) is 30.0 Å². The van der Waals surface area contributed by atoms with Crippen LogP contribution in [0.2, 0.25) is 0 Å². The van der Waals surface area contributed by atoms with Gasteiger partial charge in [0.15, 0.2) is 0 Å². The Morgan fingerprint density at radius 2 is 2.06 bits per heavy atom. The van der Waals surface area contributed by atoms with Crippen molar-refractivity contribution in [2.24, 2.45) is 0 Å². The molecule has 3 nitrogen and oxygen atoms in total. The zero-order valence-corrected chi connectivity index (χ0v) is 10.8. The van der Waals surface area contributed by atoms with Crippen LogP contribution in [0.3, 0.4) is 0 Å². The van der Waals surface area contributed by atoms with E-state index in [2.05, 4.69) is 6.07 Å². The molecule has 1 rings (SSSR count). The Hall–Kier alpha value is -1.18. The van der Waals surface area contributed by atoms with Crippen LogP contribution in [-0.2, 0) is 4.74 Å². The van der Waals surface area contributed by atoms with Crippen molar-refractivity contribution in [2.45, 2.75) is 6.42 Å². The van der Waals surface area contributed by atoms with Crippen molar-refractivity contribution in [3.05, 3.63) is 29.8 Å². The monoisotopic (exact) mass is 251 g/mol. The molecule has 0 fully saturated rings. The maximum Gasteiger partial charge on any atom is 0.137 e. The quantitative estimate of drug-likeness (QED) is 0.666. The molecular formula is C13H17NO2S. The number of nitrogens with zero attached hydrogens (tertiary/aromatic N) is 1. The van der Waals surface area contributed by atoms with Crippen LogP contribution >= 0.6 is 11.8 Å². The van der Waals surface area contributed by atoms with Crippen molar-refractivity contribution < 1.29 is 9.47 Å². The van der Waals surface area contributed by atoms with Crippen LogP contribution in [0.1, 0.15) is 12.0 Å². The molecule has 1 aromatic carbocycles. The van der Waals surface area contributed by atoms with Crippen LogP contribution in [0.15, 0.2) is 24.3 Å². The molecule has 92 valence electrons. The van der Waals surface area contributed by atoms with Gasteiger partial charge in [-0.05, 0) is 24.3 Å².